The largest absolute Gasteiger partial charge is 0.356 e. The summed E-state index contributed by atoms with van der Waals surface area (Å²) in [6, 6.07) is 11.6. The molecule has 2 aliphatic heterocycles. The Bertz CT molecular complexity index is 1090. The average molecular weight is 551 g/mol. The van der Waals surface area contributed by atoms with E-state index in [1.807, 2.05) is 18.2 Å². The van der Waals surface area contributed by atoms with Gasteiger partial charge >= 0.3 is 0 Å². The standard InChI is InChI=1S/C27H34Cl3N5O/c1-18-17-35(13-12-31-18)26(16-21-4-2-3-10-32-21)34-22-7-8-23(25(30)15-22)27(36)33-11-9-19-5-6-20(28)14-24(19)29/h5-8,14-16,18,21,31-32,34H,2-4,9-13,17H2,1H3,(H,33,36)/t18-,21?/m0/s1. The van der Waals surface area contributed by atoms with Crippen LogP contribution < -0.4 is 21.3 Å². The molecular weight excluding hydrogens is 517 g/mol. The molecule has 0 aromatic heterocycles. The van der Waals surface area contributed by atoms with Gasteiger partial charge in [-0.2, -0.15) is 0 Å². The van der Waals surface area contributed by atoms with Crippen LogP contribution in [-0.2, 0) is 6.42 Å². The lowest BCUT2D eigenvalue weighted by Gasteiger charge is -2.36. The van der Waals surface area contributed by atoms with Gasteiger partial charge in [0.15, 0.2) is 0 Å². The van der Waals surface area contributed by atoms with E-state index < -0.39 is 0 Å². The summed E-state index contributed by atoms with van der Waals surface area (Å²) in [5, 5.41) is 15.2. The molecule has 0 aliphatic carbocycles. The number of anilines is 1. The third-order valence-electron chi connectivity index (χ3n) is 6.60. The number of halogens is 3. The van der Waals surface area contributed by atoms with Crippen molar-refractivity contribution in [2.24, 2.45) is 0 Å². The fourth-order valence-electron chi connectivity index (χ4n) is 4.64. The number of benzene rings is 2. The minimum absolute atomic E-state index is 0.213. The van der Waals surface area contributed by atoms with E-state index in [4.69, 9.17) is 34.8 Å². The van der Waals surface area contributed by atoms with Crippen molar-refractivity contribution in [2.45, 2.75) is 44.7 Å². The Kier molecular flexibility index (Phi) is 9.80. The topological polar surface area (TPSA) is 68.4 Å². The van der Waals surface area contributed by atoms with Crippen LogP contribution in [0.2, 0.25) is 15.1 Å². The zero-order valence-corrected chi connectivity index (χ0v) is 22.8. The SMILES string of the molecule is C[C@H]1CN(C(=CC2CCCCN2)Nc2ccc(C(=O)NCCc3ccc(Cl)cc3Cl)c(Cl)c2)CCN1. The molecule has 1 amide bonds. The molecule has 2 aromatic carbocycles. The molecule has 0 spiro atoms. The molecule has 1 unspecified atom stereocenters. The molecule has 36 heavy (non-hydrogen) atoms. The number of nitrogens with zero attached hydrogens (tertiary/aromatic N) is 1. The second-order valence-corrected chi connectivity index (χ2v) is 10.7. The van der Waals surface area contributed by atoms with Crippen LogP contribution in [0.5, 0.6) is 0 Å². The first kappa shape index (κ1) is 27.1. The quantitative estimate of drug-likeness (QED) is 0.359. The average Bonchev–Trinajstić information content (AvgIpc) is 2.85. The van der Waals surface area contributed by atoms with Gasteiger partial charge in [0, 0.05) is 54.0 Å². The normalized spacial score (nSPS) is 20.8. The Balaban J connectivity index is 1.41. The second kappa shape index (κ2) is 13.0. The Hall–Kier alpha value is -1.96. The molecule has 4 rings (SSSR count). The minimum atomic E-state index is -0.213. The fraction of sp³-hybridized carbons (Fsp3) is 0.444. The lowest BCUT2D eigenvalue weighted by atomic mass is 10.0. The Morgan fingerprint density at radius 1 is 1.08 bits per heavy atom. The van der Waals surface area contributed by atoms with Crippen LogP contribution in [0.4, 0.5) is 5.69 Å². The molecule has 194 valence electrons. The second-order valence-electron chi connectivity index (χ2n) is 9.47. The van der Waals surface area contributed by atoms with Crippen LogP contribution in [0.1, 0.15) is 42.1 Å². The summed E-state index contributed by atoms with van der Waals surface area (Å²) >= 11 is 18.7. The molecule has 2 fully saturated rings. The lowest BCUT2D eigenvalue weighted by molar-refractivity contribution is 0.0954. The molecule has 9 heteroatoms. The zero-order valence-electron chi connectivity index (χ0n) is 20.5. The Morgan fingerprint density at radius 3 is 2.67 bits per heavy atom. The van der Waals surface area contributed by atoms with Crippen molar-refractivity contribution in [3.8, 4) is 0 Å². The van der Waals surface area contributed by atoms with Gasteiger partial charge in [-0.25, -0.2) is 0 Å². The van der Waals surface area contributed by atoms with Crippen molar-refractivity contribution in [3.63, 3.8) is 0 Å². The van der Waals surface area contributed by atoms with Crippen molar-refractivity contribution in [3.05, 3.63) is 74.5 Å². The van der Waals surface area contributed by atoms with E-state index in [1.54, 1.807) is 18.2 Å². The van der Waals surface area contributed by atoms with Gasteiger partial charge in [-0.3, -0.25) is 4.79 Å². The van der Waals surface area contributed by atoms with E-state index in [9.17, 15) is 4.79 Å². The van der Waals surface area contributed by atoms with E-state index >= 15 is 0 Å². The third kappa shape index (κ3) is 7.53. The summed E-state index contributed by atoms with van der Waals surface area (Å²) in [6.45, 7) is 6.50. The van der Waals surface area contributed by atoms with E-state index in [0.29, 0.717) is 45.7 Å². The van der Waals surface area contributed by atoms with E-state index in [-0.39, 0.29) is 5.91 Å². The molecule has 2 aliphatic rings. The summed E-state index contributed by atoms with van der Waals surface area (Å²) < 4.78 is 0. The summed E-state index contributed by atoms with van der Waals surface area (Å²) in [5.41, 5.74) is 2.23. The number of amides is 1. The van der Waals surface area contributed by atoms with E-state index in [2.05, 4.69) is 39.2 Å². The predicted octanol–water partition coefficient (Wildman–Crippen LogP) is 5.31. The molecule has 2 aromatic rings. The first-order chi connectivity index (χ1) is 17.4. The first-order valence-corrected chi connectivity index (χ1v) is 13.7. The maximum absolute atomic E-state index is 12.8. The lowest BCUT2D eigenvalue weighted by Crippen LogP contribution is -2.50. The van der Waals surface area contributed by atoms with Crippen LogP contribution in [0, 0.1) is 0 Å². The number of carbonyl (C=O) groups excluding carboxylic acids is 1. The van der Waals surface area contributed by atoms with Gasteiger partial charge in [0.2, 0.25) is 0 Å². The monoisotopic (exact) mass is 549 g/mol. The molecule has 2 saturated heterocycles. The predicted molar refractivity (Wildman–Crippen MR) is 150 cm³/mol. The van der Waals surface area contributed by atoms with Crippen molar-refractivity contribution >= 4 is 46.4 Å². The highest BCUT2D eigenvalue weighted by atomic mass is 35.5. The highest BCUT2D eigenvalue weighted by Gasteiger charge is 2.21. The zero-order chi connectivity index (χ0) is 25.5. The van der Waals surface area contributed by atoms with Crippen LogP contribution >= 0.6 is 34.8 Å². The maximum atomic E-state index is 12.8. The molecule has 2 heterocycles. The molecule has 4 N–H and O–H groups in total. The Labute approximate surface area is 228 Å². The van der Waals surface area contributed by atoms with Crippen LogP contribution in [-0.4, -0.2) is 55.6 Å². The molecule has 0 saturated carbocycles. The summed E-state index contributed by atoms with van der Waals surface area (Å²) in [6.07, 6.45) is 6.50. The Morgan fingerprint density at radius 2 is 1.94 bits per heavy atom. The number of piperazine rings is 1. The molecular formula is C27H34Cl3N5O. The van der Waals surface area contributed by atoms with Crippen LogP contribution in [0.3, 0.4) is 0 Å². The smallest absolute Gasteiger partial charge is 0.252 e. The van der Waals surface area contributed by atoms with Crippen molar-refractivity contribution in [2.75, 3.05) is 38.0 Å². The molecule has 6 nitrogen and oxygen atoms in total. The number of rotatable bonds is 8. The van der Waals surface area contributed by atoms with Crippen molar-refractivity contribution in [1.29, 1.82) is 0 Å². The van der Waals surface area contributed by atoms with Crippen molar-refractivity contribution in [1.82, 2.24) is 20.9 Å². The van der Waals surface area contributed by atoms with Crippen LogP contribution in [0.25, 0.3) is 0 Å². The number of carbonyl (C=O) groups is 1. The van der Waals surface area contributed by atoms with E-state index in [1.165, 1.54) is 12.8 Å². The summed E-state index contributed by atoms with van der Waals surface area (Å²) in [4.78, 5) is 15.2. The van der Waals surface area contributed by atoms with Crippen LogP contribution in [0.15, 0.2) is 48.3 Å². The number of nitrogens with one attached hydrogen (secondary N) is 4. The van der Waals surface area contributed by atoms with Gasteiger partial charge in [0.25, 0.3) is 5.91 Å². The number of piperidine rings is 1. The molecule has 2 atom stereocenters. The highest BCUT2D eigenvalue weighted by molar-refractivity contribution is 6.35. The molecule has 0 radical (unpaired) electrons. The first-order valence-electron chi connectivity index (χ1n) is 12.6. The minimum Gasteiger partial charge on any atom is -0.356 e. The number of hydrogen-bond acceptors (Lipinski definition) is 5. The van der Waals surface area contributed by atoms with Gasteiger partial charge in [0.05, 0.1) is 10.6 Å². The number of hydrogen-bond donors (Lipinski definition) is 4. The molecule has 0 bridgehead atoms. The summed E-state index contributed by atoms with van der Waals surface area (Å²) in [7, 11) is 0. The van der Waals surface area contributed by atoms with Gasteiger partial charge in [0.1, 0.15) is 5.82 Å². The van der Waals surface area contributed by atoms with Gasteiger partial charge in [-0.1, -0.05) is 47.3 Å². The summed E-state index contributed by atoms with van der Waals surface area (Å²) in [5.74, 6) is 0.866. The van der Waals surface area contributed by atoms with Gasteiger partial charge in [-0.15, -0.1) is 0 Å². The maximum Gasteiger partial charge on any atom is 0.252 e. The fourth-order valence-corrected chi connectivity index (χ4v) is 5.41. The van der Waals surface area contributed by atoms with Gasteiger partial charge in [-0.05, 0) is 74.7 Å². The third-order valence-corrected chi connectivity index (χ3v) is 7.50. The van der Waals surface area contributed by atoms with Gasteiger partial charge < -0.3 is 26.2 Å². The van der Waals surface area contributed by atoms with E-state index in [0.717, 1.165) is 49.7 Å². The van der Waals surface area contributed by atoms with Crippen molar-refractivity contribution < 1.29 is 4.79 Å². The highest BCUT2D eigenvalue weighted by Crippen LogP contribution is 2.25.